The Bertz CT molecular complexity index is 358. The first-order valence-corrected chi connectivity index (χ1v) is 5.25. The maximum Gasteiger partial charge on any atom is 0.445 e. The molecule has 1 heterocycles. The topological polar surface area (TPSA) is 49.2 Å². The van der Waals surface area contributed by atoms with Crippen LogP contribution in [0.5, 0.6) is 0 Å². The highest BCUT2D eigenvalue weighted by Gasteiger charge is 2.36. The fourth-order valence-corrected chi connectivity index (χ4v) is 1.80. The lowest BCUT2D eigenvalue weighted by atomic mass is 10.1. The molecule has 16 heavy (non-hydrogen) atoms. The minimum atomic E-state index is -4.47. The molecule has 0 fully saturated rings. The highest BCUT2D eigenvalue weighted by atomic mass is 32.1. The fourth-order valence-electron chi connectivity index (χ4n) is 1.13. The molecule has 1 aromatic heterocycles. The number of likely N-dealkylation sites (N-methyl/N-ethyl adjacent to an activating group) is 1. The molecule has 8 heteroatoms. The number of anilines is 1. The second-order valence-electron chi connectivity index (χ2n) is 4.06. The van der Waals surface area contributed by atoms with Crippen molar-refractivity contribution in [2.75, 3.05) is 18.5 Å². The third-order valence-corrected chi connectivity index (χ3v) is 2.69. The van der Waals surface area contributed by atoms with Crippen molar-refractivity contribution >= 4 is 16.5 Å². The van der Waals surface area contributed by atoms with E-state index in [-0.39, 0.29) is 11.7 Å². The second-order valence-corrected chi connectivity index (χ2v) is 5.01. The zero-order valence-corrected chi connectivity index (χ0v) is 9.85. The molecule has 0 amide bonds. The van der Waals surface area contributed by atoms with Crippen molar-refractivity contribution in [2.24, 2.45) is 0 Å². The number of alkyl halides is 3. The summed E-state index contributed by atoms with van der Waals surface area (Å²) in [5.41, 5.74) is -1.00. The normalized spacial score (nSPS) is 12.9. The lowest BCUT2D eigenvalue weighted by molar-refractivity contribution is -0.138. The quantitative estimate of drug-likeness (QED) is 0.894. The van der Waals surface area contributed by atoms with E-state index in [2.05, 4.69) is 10.2 Å². The molecule has 92 valence electrons. The maximum absolute atomic E-state index is 12.2. The molecular formula is C8H12F3N3OS. The van der Waals surface area contributed by atoms with Crippen molar-refractivity contribution in [1.82, 2.24) is 10.2 Å². The predicted octanol–water partition coefficient (Wildman–Crippen LogP) is 1.76. The number of aromatic nitrogens is 2. The first kappa shape index (κ1) is 13.2. The van der Waals surface area contributed by atoms with Gasteiger partial charge in [0, 0.05) is 13.6 Å². The number of rotatable bonds is 3. The zero-order valence-electron chi connectivity index (χ0n) is 9.04. The Morgan fingerprint density at radius 2 is 1.88 bits per heavy atom. The Morgan fingerprint density at radius 3 is 2.25 bits per heavy atom. The van der Waals surface area contributed by atoms with Crippen LogP contribution in [0.15, 0.2) is 0 Å². The molecule has 4 nitrogen and oxygen atoms in total. The van der Waals surface area contributed by atoms with Gasteiger partial charge in [0.2, 0.25) is 10.1 Å². The third-order valence-electron chi connectivity index (χ3n) is 1.61. The summed E-state index contributed by atoms with van der Waals surface area (Å²) in [6.45, 7) is 3.31. The molecule has 1 aromatic rings. The van der Waals surface area contributed by atoms with Crippen LogP contribution >= 0.6 is 11.3 Å². The molecule has 0 aromatic carbocycles. The van der Waals surface area contributed by atoms with Gasteiger partial charge in [-0.1, -0.05) is 11.3 Å². The molecule has 0 aliphatic heterocycles. The Labute approximate surface area is 94.7 Å². The van der Waals surface area contributed by atoms with Gasteiger partial charge in [0.25, 0.3) is 0 Å². The van der Waals surface area contributed by atoms with E-state index in [4.69, 9.17) is 0 Å². The number of hydrogen-bond acceptors (Lipinski definition) is 5. The standard InChI is InChI=1S/C8H12F3N3OS/c1-7(2,15)4-14(3)6-13-12-5(16-6)8(9,10)11/h15H,4H2,1-3H3. The second kappa shape index (κ2) is 4.17. The van der Waals surface area contributed by atoms with E-state index >= 15 is 0 Å². The van der Waals surface area contributed by atoms with Crippen LogP contribution in [0, 0.1) is 0 Å². The first-order valence-electron chi connectivity index (χ1n) is 4.44. The smallest absolute Gasteiger partial charge is 0.389 e. The van der Waals surface area contributed by atoms with Gasteiger partial charge in [0.1, 0.15) is 0 Å². The first-order chi connectivity index (χ1) is 7.09. The van der Waals surface area contributed by atoms with Crippen molar-refractivity contribution in [3.8, 4) is 0 Å². The van der Waals surface area contributed by atoms with Gasteiger partial charge in [0.15, 0.2) is 0 Å². The van der Waals surface area contributed by atoms with E-state index in [1.165, 1.54) is 4.90 Å². The summed E-state index contributed by atoms with van der Waals surface area (Å²) in [7, 11) is 1.55. The molecule has 1 N–H and O–H groups in total. The summed E-state index contributed by atoms with van der Waals surface area (Å²) in [5.74, 6) is 0. The van der Waals surface area contributed by atoms with Gasteiger partial charge in [-0.15, -0.1) is 10.2 Å². The van der Waals surface area contributed by atoms with Crippen molar-refractivity contribution in [1.29, 1.82) is 0 Å². The van der Waals surface area contributed by atoms with Crippen LogP contribution in [0.3, 0.4) is 0 Å². The van der Waals surface area contributed by atoms with Gasteiger partial charge < -0.3 is 10.0 Å². The van der Waals surface area contributed by atoms with Crippen LogP contribution < -0.4 is 4.90 Å². The Morgan fingerprint density at radius 1 is 1.31 bits per heavy atom. The predicted molar refractivity (Wildman–Crippen MR) is 54.5 cm³/mol. The molecule has 1 rings (SSSR count). The highest BCUT2D eigenvalue weighted by Crippen LogP contribution is 2.34. The van der Waals surface area contributed by atoms with Crippen molar-refractivity contribution < 1.29 is 18.3 Å². The average molecular weight is 255 g/mol. The van der Waals surface area contributed by atoms with Crippen LogP contribution in [0.2, 0.25) is 0 Å². The minimum Gasteiger partial charge on any atom is -0.389 e. The Balaban J connectivity index is 2.79. The van der Waals surface area contributed by atoms with Gasteiger partial charge in [-0.2, -0.15) is 13.2 Å². The summed E-state index contributed by atoms with van der Waals surface area (Å²) in [6.07, 6.45) is -4.47. The van der Waals surface area contributed by atoms with Crippen molar-refractivity contribution in [3.63, 3.8) is 0 Å². The molecule has 0 saturated carbocycles. The van der Waals surface area contributed by atoms with Crippen LogP contribution in [-0.2, 0) is 6.18 Å². The van der Waals surface area contributed by atoms with Gasteiger partial charge in [-0.3, -0.25) is 0 Å². The van der Waals surface area contributed by atoms with E-state index in [0.717, 1.165) is 0 Å². The molecule has 0 unspecified atom stereocenters. The van der Waals surface area contributed by atoms with Crippen LogP contribution in [-0.4, -0.2) is 34.5 Å². The molecule has 0 saturated heterocycles. The van der Waals surface area contributed by atoms with Gasteiger partial charge >= 0.3 is 6.18 Å². The van der Waals surface area contributed by atoms with Crippen LogP contribution in [0.25, 0.3) is 0 Å². The largest absolute Gasteiger partial charge is 0.445 e. The number of nitrogens with zero attached hydrogens (tertiary/aromatic N) is 3. The Kier molecular flexibility index (Phi) is 3.44. The summed E-state index contributed by atoms with van der Waals surface area (Å²) in [6, 6.07) is 0. The van der Waals surface area contributed by atoms with E-state index in [0.29, 0.717) is 11.3 Å². The number of halogens is 3. The number of hydrogen-bond donors (Lipinski definition) is 1. The fraction of sp³-hybridized carbons (Fsp3) is 0.750. The summed E-state index contributed by atoms with van der Waals surface area (Å²) >= 11 is 0.456. The van der Waals surface area contributed by atoms with Crippen LogP contribution in [0.4, 0.5) is 18.3 Å². The van der Waals surface area contributed by atoms with Gasteiger partial charge in [0.05, 0.1) is 5.60 Å². The van der Waals surface area contributed by atoms with Crippen molar-refractivity contribution in [3.05, 3.63) is 5.01 Å². The Hall–Kier alpha value is -0.890. The van der Waals surface area contributed by atoms with Gasteiger partial charge in [-0.25, -0.2) is 0 Å². The molecule has 0 bridgehead atoms. The molecule has 0 aliphatic rings. The molecule has 0 radical (unpaired) electrons. The summed E-state index contributed by atoms with van der Waals surface area (Å²) in [4.78, 5) is 1.44. The SMILES string of the molecule is CN(CC(C)(C)O)c1nnc(C(F)(F)F)s1. The monoisotopic (exact) mass is 255 g/mol. The lowest BCUT2D eigenvalue weighted by Crippen LogP contribution is -2.36. The molecule has 0 spiro atoms. The van der Waals surface area contributed by atoms with E-state index in [1.54, 1.807) is 20.9 Å². The zero-order chi connectivity index (χ0) is 12.6. The molecule has 0 atom stereocenters. The van der Waals surface area contributed by atoms with E-state index < -0.39 is 16.8 Å². The third kappa shape index (κ3) is 3.60. The lowest BCUT2D eigenvalue weighted by Gasteiger charge is -2.24. The highest BCUT2D eigenvalue weighted by molar-refractivity contribution is 7.15. The van der Waals surface area contributed by atoms with Crippen molar-refractivity contribution in [2.45, 2.75) is 25.6 Å². The minimum absolute atomic E-state index is 0.134. The van der Waals surface area contributed by atoms with Crippen LogP contribution in [0.1, 0.15) is 18.9 Å². The average Bonchev–Trinajstić information content (AvgIpc) is 2.46. The molecular weight excluding hydrogens is 243 g/mol. The van der Waals surface area contributed by atoms with E-state index in [1.807, 2.05) is 0 Å². The summed E-state index contributed by atoms with van der Waals surface area (Å²) < 4.78 is 36.7. The number of aliphatic hydroxyl groups is 1. The molecule has 0 aliphatic carbocycles. The summed E-state index contributed by atoms with van der Waals surface area (Å²) in [5, 5.41) is 15.1. The van der Waals surface area contributed by atoms with Gasteiger partial charge in [-0.05, 0) is 13.8 Å². The maximum atomic E-state index is 12.2. The van der Waals surface area contributed by atoms with E-state index in [9.17, 15) is 18.3 Å².